The Balaban J connectivity index is 2.13. The average molecular weight is 198 g/mol. The Morgan fingerprint density at radius 1 is 1.21 bits per heavy atom. The normalized spacial score (nSPS) is 24.9. The van der Waals surface area contributed by atoms with Gasteiger partial charge in [-0.3, -0.25) is 0 Å². The first-order valence-corrected chi connectivity index (χ1v) is 6.23. The number of hydrogen-bond acceptors (Lipinski definition) is 2. The van der Waals surface area contributed by atoms with Gasteiger partial charge in [0, 0.05) is 6.04 Å². The van der Waals surface area contributed by atoms with E-state index in [1.54, 1.807) is 0 Å². The number of unbranched alkanes of at least 4 members (excludes halogenated alkanes) is 1. The molecule has 0 aliphatic carbocycles. The third-order valence-electron chi connectivity index (χ3n) is 3.31. The van der Waals surface area contributed by atoms with Gasteiger partial charge in [-0.15, -0.1) is 0 Å². The lowest BCUT2D eigenvalue weighted by Gasteiger charge is -2.26. The smallest absolute Gasteiger partial charge is 0.00669 e. The SMILES string of the molecule is CNCCCCN1CCCCCC1C. The molecule has 1 unspecified atom stereocenters. The zero-order valence-electron chi connectivity index (χ0n) is 9.89. The van der Waals surface area contributed by atoms with Crippen LogP contribution in [0.25, 0.3) is 0 Å². The van der Waals surface area contributed by atoms with E-state index in [9.17, 15) is 0 Å². The molecule has 2 heteroatoms. The molecule has 14 heavy (non-hydrogen) atoms. The molecule has 0 aromatic carbocycles. The van der Waals surface area contributed by atoms with Gasteiger partial charge in [-0.25, -0.2) is 0 Å². The van der Waals surface area contributed by atoms with Gasteiger partial charge in [0.05, 0.1) is 0 Å². The van der Waals surface area contributed by atoms with Crippen molar-refractivity contribution >= 4 is 0 Å². The van der Waals surface area contributed by atoms with E-state index in [-0.39, 0.29) is 0 Å². The summed E-state index contributed by atoms with van der Waals surface area (Å²) < 4.78 is 0. The van der Waals surface area contributed by atoms with Crippen LogP contribution in [0.5, 0.6) is 0 Å². The molecule has 0 radical (unpaired) electrons. The van der Waals surface area contributed by atoms with Crippen molar-refractivity contribution in [2.24, 2.45) is 0 Å². The monoisotopic (exact) mass is 198 g/mol. The van der Waals surface area contributed by atoms with Crippen molar-refractivity contribution in [3.8, 4) is 0 Å². The van der Waals surface area contributed by atoms with E-state index >= 15 is 0 Å². The minimum Gasteiger partial charge on any atom is -0.320 e. The van der Waals surface area contributed by atoms with Crippen molar-refractivity contribution in [1.82, 2.24) is 10.2 Å². The summed E-state index contributed by atoms with van der Waals surface area (Å²) in [5, 5.41) is 3.21. The standard InChI is InChI=1S/C12H26N2/c1-12-8-4-3-6-10-14(12)11-7-5-9-13-2/h12-13H,3-11H2,1-2H3. The first-order valence-electron chi connectivity index (χ1n) is 6.23. The first-order chi connectivity index (χ1) is 6.84. The van der Waals surface area contributed by atoms with Crippen LogP contribution in [-0.4, -0.2) is 37.6 Å². The van der Waals surface area contributed by atoms with E-state index in [4.69, 9.17) is 0 Å². The van der Waals surface area contributed by atoms with E-state index in [1.165, 1.54) is 58.2 Å². The highest BCUT2D eigenvalue weighted by Crippen LogP contribution is 2.16. The predicted molar refractivity (Wildman–Crippen MR) is 62.7 cm³/mol. The molecule has 0 spiro atoms. The summed E-state index contributed by atoms with van der Waals surface area (Å²) in [6.07, 6.45) is 8.37. The van der Waals surface area contributed by atoms with Gasteiger partial charge in [0.15, 0.2) is 0 Å². The molecule has 1 N–H and O–H groups in total. The third kappa shape index (κ3) is 4.43. The molecule has 1 rings (SSSR count). The molecule has 1 aliphatic heterocycles. The van der Waals surface area contributed by atoms with Crippen LogP contribution in [0.15, 0.2) is 0 Å². The fraction of sp³-hybridized carbons (Fsp3) is 1.00. The lowest BCUT2D eigenvalue weighted by Crippen LogP contribution is -2.33. The highest BCUT2D eigenvalue weighted by atomic mass is 15.1. The molecule has 0 bridgehead atoms. The summed E-state index contributed by atoms with van der Waals surface area (Å²) in [6.45, 7) is 6.20. The van der Waals surface area contributed by atoms with E-state index in [0.717, 1.165) is 6.04 Å². The summed E-state index contributed by atoms with van der Waals surface area (Å²) in [7, 11) is 2.04. The second-order valence-corrected chi connectivity index (χ2v) is 4.54. The molecule has 1 aliphatic rings. The van der Waals surface area contributed by atoms with Crippen LogP contribution >= 0.6 is 0 Å². The second-order valence-electron chi connectivity index (χ2n) is 4.54. The van der Waals surface area contributed by atoms with Crippen LogP contribution < -0.4 is 5.32 Å². The number of nitrogens with zero attached hydrogens (tertiary/aromatic N) is 1. The maximum atomic E-state index is 3.21. The Bertz CT molecular complexity index is 136. The maximum Gasteiger partial charge on any atom is 0.00669 e. The van der Waals surface area contributed by atoms with Crippen molar-refractivity contribution in [3.05, 3.63) is 0 Å². The molecule has 0 aromatic rings. The van der Waals surface area contributed by atoms with Gasteiger partial charge in [0.25, 0.3) is 0 Å². The Hall–Kier alpha value is -0.0800. The lowest BCUT2D eigenvalue weighted by atomic mass is 10.1. The van der Waals surface area contributed by atoms with Crippen LogP contribution in [0.2, 0.25) is 0 Å². The van der Waals surface area contributed by atoms with Gasteiger partial charge < -0.3 is 10.2 Å². The molecule has 0 amide bonds. The first kappa shape index (κ1) is 12.0. The number of likely N-dealkylation sites (tertiary alicyclic amines) is 1. The van der Waals surface area contributed by atoms with Crippen LogP contribution in [0.3, 0.4) is 0 Å². The molecule has 1 heterocycles. The topological polar surface area (TPSA) is 15.3 Å². The number of hydrogen-bond donors (Lipinski definition) is 1. The largest absolute Gasteiger partial charge is 0.320 e. The second kappa shape index (κ2) is 7.24. The van der Waals surface area contributed by atoms with Crippen molar-refractivity contribution < 1.29 is 0 Å². The molecule has 1 fully saturated rings. The summed E-state index contributed by atoms with van der Waals surface area (Å²) in [4.78, 5) is 2.68. The molecule has 1 saturated heterocycles. The summed E-state index contributed by atoms with van der Waals surface area (Å²) >= 11 is 0. The minimum atomic E-state index is 0.826. The van der Waals surface area contributed by atoms with Crippen LogP contribution in [0.4, 0.5) is 0 Å². The number of nitrogens with one attached hydrogen (secondary N) is 1. The number of rotatable bonds is 5. The molecule has 1 atom stereocenters. The summed E-state index contributed by atoms with van der Waals surface area (Å²) in [5.74, 6) is 0. The lowest BCUT2D eigenvalue weighted by molar-refractivity contribution is 0.209. The molecule has 0 saturated carbocycles. The van der Waals surface area contributed by atoms with E-state index in [2.05, 4.69) is 17.1 Å². The van der Waals surface area contributed by atoms with E-state index in [0.29, 0.717) is 0 Å². The molecular weight excluding hydrogens is 172 g/mol. The van der Waals surface area contributed by atoms with Crippen LogP contribution in [-0.2, 0) is 0 Å². The van der Waals surface area contributed by atoms with Gasteiger partial charge in [-0.2, -0.15) is 0 Å². The molecule has 0 aromatic heterocycles. The zero-order chi connectivity index (χ0) is 10.2. The Labute approximate surface area is 89.1 Å². The van der Waals surface area contributed by atoms with E-state index < -0.39 is 0 Å². The predicted octanol–water partition coefficient (Wildman–Crippen LogP) is 2.25. The molecule has 84 valence electrons. The average Bonchev–Trinajstić information content (AvgIpc) is 2.39. The van der Waals surface area contributed by atoms with Crippen LogP contribution in [0, 0.1) is 0 Å². The van der Waals surface area contributed by atoms with Crippen LogP contribution in [0.1, 0.15) is 45.4 Å². The maximum absolute atomic E-state index is 3.21. The van der Waals surface area contributed by atoms with Gasteiger partial charge in [-0.05, 0) is 59.3 Å². The molecule has 2 nitrogen and oxygen atoms in total. The Morgan fingerprint density at radius 2 is 2.07 bits per heavy atom. The Kier molecular flexibility index (Phi) is 6.20. The van der Waals surface area contributed by atoms with Gasteiger partial charge in [0.2, 0.25) is 0 Å². The van der Waals surface area contributed by atoms with Gasteiger partial charge >= 0.3 is 0 Å². The summed E-state index contributed by atoms with van der Waals surface area (Å²) in [5.41, 5.74) is 0. The van der Waals surface area contributed by atoms with E-state index in [1.807, 2.05) is 7.05 Å². The highest BCUT2D eigenvalue weighted by molar-refractivity contribution is 4.71. The van der Waals surface area contributed by atoms with Gasteiger partial charge in [0.1, 0.15) is 0 Å². The Morgan fingerprint density at radius 3 is 2.86 bits per heavy atom. The minimum absolute atomic E-state index is 0.826. The quantitative estimate of drug-likeness (QED) is 0.682. The van der Waals surface area contributed by atoms with Gasteiger partial charge in [-0.1, -0.05) is 12.8 Å². The van der Waals surface area contributed by atoms with Crippen molar-refractivity contribution in [2.75, 3.05) is 26.7 Å². The fourth-order valence-corrected chi connectivity index (χ4v) is 2.28. The zero-order valence-corrected chi connectivity index (χ0v) is 9.89. The van der Waals surface area contributed by atoms with Crippen molar-refractivity contribution in [1.29, 1.82) is 0 Å². The molecular formula is C12H26N2. The third-order valence-corrected chi connectivity index (χ3v) is 3.31. The highest BCUT2D eigenvalue weighted by Gasteiger charge is 2.15. The fourth-order valence-electron chi connectivity index (χ4n) is 2.28. The van der Waals surface area contributed by atoms with Crippen molar-refractivity contribution in [2.45, 2.75) is 51.5 Å². The summed E-state index contributed by atoms with van der Waals surface area (Å²) in [6, 6.07) is 0.826. The van der Waals surface area contributed by atoms with Crippen molar-refractivity contribution in [3.63, 3.8) is 0 Å².